The minimum Gasteiger partial charge on any atom is -0.493 e. The summed E-state index contributed by atoms with van der Waals surface area (Å²) >= 11 is 1.48. The maximum Gasteiger partial charge on any atom is 0.324 e. The molecule has 2 aromatic heterocycles. The van der Waals surface area contributed by atoms with Gasteiger partial charge in [0.1, 0.15) is 23.7 Å². The number of carbonyl (C=O) groups excluding carboxylic acids is 1. The number of aromatic nitrogens is 3. The number of benzene rings is 2. The minimum atomic E-state index is -0.410. The van der Waals surface area contributed by atoms with E-state index >= 15 is 0 Å². The summed E-state index contributed by atoms with van der Waals surface area (Å²) in [6, 6.07) is 12.7. The van der Waals surface area contributed by atoms with Crippen LogP contribution in [0.1, 0.15) is 45.8 Å². The number of nitrogens with zero attached hydrogens (tertiary/aromatic N) is 4. The lowest BCUT2D eigenvalue weighted by atomic mass is 9.93. The number of hydrogen-bond donors (Lipinski definition) is 2. The number of anilines is 2. The van der Waals surface area contributed by atoms with Gasteiger partial charge in [-0.3, -0.25) is 10.2 Å². The lowest BCUT2D eigenvalue weighted by molar-refractivity contribution is 0.181. The number of likely N-dealkylation sites (tertiary alicyclic amines) is 1. The summed E-state index contributed by atoms with van der Waals surface area (Å²) in [4.78, 5) is 25.0. The van der Waals surface area contributed by atoms with E-state index in [0.717, 1.165) is 40.5 Å². The van der Waals surface area contributed by atoms with E-state index in [1.165, 1.54) is 31.0 Å². The van der Waals surface area contributed by atoms with E-state index in [0.29, 0.717) is 35.4 Å². The Bertz CT molecular complexity index is 1500. The molecular formula is C30H36N6O4S. The second kappa shape index (κ2) is 12.8. The second-order valence-corrected chi connectivity index (χ2v) is 12.0. The van der Waals surface area contributed by atoms with E-state index in [9.17, 15) is 4.79 Å². The van der Waals surface area contributed by atoms with Crippen molar-refractivity contribution >= 4 is 40.2 Å². The summed E-state index contributed by atoms with van der Waals surface area (Å²) < 4.78 is 17.1. The van der Waals surface area contributed by atoms with Gasteiger partial charge in [0, 0.05) is 40.1 Å². The van der Waals surface area contributed by atoms with Crippen LogP contribution in [0.2, 0.25) is 0 Å². The Hall–Kier alpha value is -3.83. The molecule has 0 saturated carbocycles. The zero-order chi connectivity index (χ0) is 28.8. The highest BCUT2D eigenvalue weighted by Gasteiger charge is 2.20. The van der Waals surface area contributed by atoms with Gasteiger partial charge in [-0.15, -0.1) is 0 Å². The van der Waals surface area contributed by atoms with Gasteiger partial charge < -0.3 is 19.3 Å². The third kappa shape index (κ3) is 7.47. The summed E-state index contributed by atoms with van der Waals surface area (Å²) in [6.45, 7) is 9.77. The first-order valence-electron chi connectivity index (χ1n) is 13.8. The number of rotatable bonds is 9. The smallest absolute Gasteiger partial charge is 0.324 e. The first kappa shape index (κ1) is 28.7. The third-order valence-electron chi connectivity index (χ3n) is 6.80. The Morgan fingerprint density at radius 3 is 2.63 bits per heavy atom. The first-order chi connectivity index (χ1) is 19.8. The molecule has 0 aliphatic carbocycles. The molecule has 0 atom stereocenters. The number of methoxy groups -OCH3 is 1. The van der Waals surface area contributed by atoms with Crippen LogP contribution in [-0.2, 0) is 5.41 Å². The highest BCUT2D eigenvalue weighted by Crippen LogP contribution is 2.38. The highest BCUT2D eigenvalue weighted by atomic mass is 32.2. The van der Waals surface area contributed by atoms with Gasteiger partial charge in [0.15, 0.2) is 17.3 Å². The molecule has 41 heavy (non-hydrogen) atoms. The number of carbonyl (C=O) groups is 1. The Morgan fingerprint density at radius 2 is 1.88 bits per heavy atom. The van der Waals surface area contributed by atoms with Crippen LogP contribution in [0.3, 0.4) is 0 Å². The quantitative estimate of drug-likeness (QED) is 0.213. The Labute approximate surface area is 244 Å². The van der Waals surface area contributed by atoms with Crippen LogP contribution in [0.4, 0.5) is 16.3 Å². The molecule has 216 valence electrons. The number of amides is 2. The molecule has 2 N–H and O–H groups in total. The van der Waals surface area contributed by atoms with Gasteiger partial charge in [-0.25, -0.2) is 14.8 Å². The monoisotopic (exact) mass is 576 g/mol. The normalized spacial score (nSPS) is 14.1. The Balaban J connectivity index is 1.27. The minimum absolute atomic E-state index is 0.203. The number of nitrogens with one attached hydrogen (secondary N) is 2. The fourth-order valence-electron chi connectivity index (χ4n) is 4.58. The largest absolute Gasteiger partial charge is 0.493 e. The standard InChI is InChI=1S/C30H36N6O4S/c1-30(2,3)26-18-27(35-40-26)34-29(37)33-20-9-8-10-21(15-20)41-28-22-16-25(24(38-4)17-23(22)31-19-32-28)39-14-13-36-11-6-5-7-12-36/h8-10,15-19H,5-7,11-14H2,1-4H3,(H2,33,34,35,37). The van der Waals surface area contributed by atoms with Crippen LogP contribution < -0.4 is 20.1 Å². The summed E-state index contributed by atoms with van der Waals surface area (Å²) in [5, 5.41) is 11.2. The zero-order valence-electron chi connectivity index (χ0n) is 23.9. The Morgan fingerprint density at radius 1 is 1.05 bits per heavy atom. The molecule has 2 aromatic carbocycles. The SMILES string of the molecule is COc1cc2ncnc(Sc3cccc(NC(=O)Nc4cc(C(C)(C)C)on4)c3)c2cc1OCCN1CCCCC1. The van der Waals surface area contributed by atoms with E-state index in [4.69, 9.17) is 14.0 Å². The van der Waals surface area contributed by atoms with Crippen LogP contribution in [0.25, 0.3) is 10.9 Å². The van der Waals surface area contributed by atoms with E-state index in [1.807, 2.05) is 57.2 Å². The van der Waals surface area contributed by atoms with Gasteiger partial charge >= 0.3 is 6.03 Å². The van der Waals surface area contributed by atoms with Crippen molar-refractivity contribution in [2.24, 2.45) is 0 Å². The summed E-state index contributed by atoms with van der Waals surface area (Å²) in [5.74, 6) is 2.36. The maximum absolute atomic E-state index is 12.6. The van der Waals surface area contributed by atoms with E-state index < -0.39 is 6.03 Å². The predicted molar refractivity (Wildman–Crippen MR) is 160 cm³/mol. The average molecular weight is 577 g/mol. The lowest BCUT2D eigenvalue weighted by Gasteiger charge is -2.26. The van der Waals surface area contributed by atoms with Gasteiger partial charge in [-0.1, -0.05) is 50.2 Å². The fourth-order valence-corrected chi connectivity index (χ4v) is 5.51. The molecule has 0 spiro atoms. The average Bonchev–Trinajstić information content (AvgIpc) is 3.43. The van der Waals surface area contributed by atoms with Crippen molar-refractivity contribution in [3.8, 4) is 11.5 Å². The van der Waals surface area contributed by atoms with Crippen molar-refractivity contribution in [1.29, 1.82) is 0 Å². The topological polar surface area (TPSA) is 115 Å². The van der Waals surface area contributed by atoms with Crippen molar-refractivity contribution < 1.29 is 18.8 Å². The summed E-state index contributed by atoms with van der Waals surface area (Å²) in [6.07, 6.45) is 5.35. The lowest BCUT2D eigenvalue weighted by Crippen LogP contribution is -2.33. The van der Waals surface area contributed by atoms with Gasteiger partial charge in [0.25, 0.3) is 0 Å². The van der Waals surface area contributed by atoms with Crippen LogP contribution in [-0.4, -0.2) is 59.4 Å². The highest BCUT2D eigenvalue weighted by molar-refractivity contribution is 7.99. The molecule has 1 aliphatic rings. The van der Waals surface area contributed by atoms with Crippen molar-refractivity contribution in [3.05, 3.63) is 54.6 Å². The van der Waals surface area contributed by atoms with Crippen molar-refractivity contribution in [2.75, 3.05) is 44.0 Å². The molecule has 0 bridgehead atoms. The number of fused-ring (bicyclic) bond motifs is 1. The number of hydrogen-bond acceptors (Lipinski definition) is 9. The number of urea groups is 1. The molecule has 1 saturated heterocycles. The molecule has 3 heterocycles. The van der Waals surface area contributed by atoms with Crippen LogP contribution in [0.15, 0.2) is 63.2 Å². The third-order valence-corrected chi connectivity index (χ3v) is 7.80. The summed E-state index contributed by atoms with van der Waals surface area (Å²) in [5.41, 5.74) is 1.19. The molecule has 2 amide bonds. The van der Waals surface area contributed by atoms with Gasteiger partial charge in [0.05, 0.1) is 12.6 Å². The first-order valence-corrected chi connectivity index (χ1v) is 14.6. The van der Waals surface area contributed by atoms with Crippen molar-refractivity contribution in [1.82, 2.24) is 20.0 Å². The molecule has 1 fully saturated rings. The van der Waals surface area contributed by atoms with E-state index in [-0.39, 0.29) is 5.41 Å². The zero-order valence-corrected chi connectivity index (χ0v) is 24.7. The maximum atomic E-state index is 12.6. The molecule has 11 heteroatoms. The molecule has 5 rings (SSSR count). The van der Waals surface area contributed by atoms with Crippen LogP contribution in [0, 0.1) is 0 Å². The number of piperidine rings is 1. The van der Waals surface area contributed by atoms with Gasteiger partial charge in [-0.05, 0) is 50.2 Å². The molecule has 0 radical (unpaired) electrons. The Kier molecular flexibility index (Phi) is 8.94. The van der Waals surface area contributed by atoms with Crippen LogP contribution >= 0.6 is 11.8 Å². The number of ether oxygens (including phenoxy) is 2. The van der Waals surface area contributed by atoms with Crippen molar-refractivity contribution in [2.45, 2.75) is 55.4 Å². The van der Waals surface area contributed by atoms with Crippen LogP contribution in [0.5, 0.6) is 11.5 Å². The molecular weight excluding hydrogens is 540 g/mol. The summed E-state index contributed by atoms with van der Waals surface area (Å²) in [7, 11) is 1.64. The molecule has 1 aliphatic heterocycles. The van der Waals surface area contributed by atoms with E-state index in [2.05, 4.69) is 30.7 Å². The van der Waals surface area contributed by atoms with Gasteiger partial charge in [-0.2, -0.15) is 0 Å². The second-order valence-electron chi connectivity index (χ2n) is 11.0. The molecule has 0 unspecified atom stereocenters. The van der Waals surface area contributed by atoms with Gasteiger partial charge in [0.2, 0.25) is 0 Å². The fraction of sp³-hybridized carbons (Fsp3) is 0.400. The van der Waals surface area contributed by atoms with E-state index in [1.54, 1.807) is 19.5 Å². The predicted octanol–water partition coefficient (Wildman–Crippen LogP) is 6.58. The molecule has 4 aromatic rings. The molecule has 10 nitrogen and oxygen atoms in total. The van der Waals surface area contributed by atoms with Crippen molar-refractivity contribution in [3.63, 3.8) is 0 Å².